The van der Waals surface area contributed by atoms with Crippen molar-refractivity contribution < 1.29 is 9.53 Å². The minimum absolute atomic E-state index is 0.0150. The number of halogens is 2. The molecule has 208 valence electrons. The monoisotopic (exact) mass is 619 g/mol. The average molecular weight is 621 g/mol. The zero-order valence-corrected chi connectivity index (χ0v) is 25.8. The Balaban J connectivity index is 0.000000152. The van der Waals surface area contributed by atoms with Crippen molar-refractivity contribution in [3.05, 3.63) is 113 Å². The number of carbonyl (C=O) groups is 1. The summed E-state index contributed by atoms with van der Waals surface area (Å²) in [6, 6.07) is 17.1. The van der Waals surface area contributed by atoms with Crippen LogP contribution in [0.1, 0.15) is 39.2 Å². The number of likely N-dealkylation sites (tertiary alicyclic amines) is 1. The Morgan fingerprint density at radius 1 is 0.829 bits per heavy atom. The first-order chi connectivity index (χ1) is 19.8. The van der Waals surface area contributed by atoms with E-state index in [9.17, 15) is 9.59 Å². The molecule has 4 nitrogen and oxygen atoms in total. The smallest absolute Gasteiger partial charge is 0.195 e. The maximum atomic E-state index is 12.7. The van der Waals surface area contributed by atoms with Crippen LogP contribution in [-0.4, -0.2) is 37.9 Å². The van der Waals surface area contributed by atoms with E-state index in [4.69, 9.17) is 27.9 Å². The highest BCUT2D eigenvalue weighted by Gasteiger charge is 2.27. The summed E-state index contributed by atoms with van der Waals surface area (Å²) >= 11 is 15.2. The molecule has 8 heteroatoms. The van der Waals surface area contributed by atoms with Crippen LogP contribution in [0.3, 0.4) is 0 Å². The maximum Gasteiger partial charge on any atom is 0.195 e. The van der Waals surface area contributed by atoms with E-state index >= 15 is 0 Å². The fraction of sp³-hybridized carbons (Fsp3) is 0.212. The lowest BCUT2D eigenvalue weighted by molar-refractivity contribution is 0.0997. The van der Waals surface area contributed by atoms with E-state index < -0.39 is 0 Å². The van der Waals surface area contributed by atoms with E-state index in [1.807, 2.05) is 35.0 Å². The molecule has 0 spiro atoms. The molecule has 2 aromatic heterocycles. The molecule has 1 aliphatic heterocycles. The first-order valence-corrected chi connectivity index (χ1v) is 15.8. The third kappa shape index (κ3) is 5.47. The second kappa shape index (κ2) is 11.7. The summed E-state index contributed by atoms with van der Waals surface area (Å²) in [4.78, 5) is 28.4. The molecule has 5 aromatic rings. The molecule has 0 bridgehead atoms. The third-order valence-electron chi connectivity index (χ3n) is 7.72. The van der Waals surface area contributed by atoms with Gasteiger partial charge in [-0.1, -0.05) is 34.8 Å². The Morgan fingerprint density at radius 2 is 1.56 bits per heavy atom. The lowest BCUT2D eigenvalue weighted by Gasteiger charge is -2.27. The minimum atomic E-state index is 0.0150. The average Bonchev–Trinajstić information content (AvgIpc) is 3.61. The predicted octanol–water partition coefficient (Wildman–Crippen LogP) is 8.74. The quantitative estimate of drug-likeness (QED) is 0.188. The fourth-order valence-electron chi connectivity index (χ4n) is 5.63. The number of methoxy groups -OCH3 is 1. The summed E-state index contributed by atoms with van der Waals surface area (Å²) in [7, 11) is 3.77. The van der Waals surface area contributed by atoms with E-state index in [-0.39, 0.29) is 11.2 Å². The van der Waals surface area contributed by atoms with Gasteiger partial charge in [-0.05, 0) is 101 Å². The maximum absolute atomic E-state index is 12.7. The van der Waals surface area contributed by atoms with Crippen molar-refractivity contribution in [2.24, 2.45) is 0 Å². The van der Waals surface area contributed by atoms with Crippen molar-refractivity contribution in [3.8, 4) is 5.75 Å². The van der Waals surface area contributed by atoms with Gasteiger partial charge in [-0.3, -0.25) is 9.59 Å². The lowest BCUT2D eigenvalue weighted by Crippen LogP contribution is -2.27. The van der Waals surface area contributed by atoms with Crippen LogP contribution in [0, 0.1) is 0 Å². The van der Waals surface area contributed by atoms with Gasteiger partial charge in [-0.2, -0.15) is 0 Å². The molecule has 41 heavy (non-hydrogen) atoms. The van der Waals surface area contributed by atoms with E-state index in [2.05, 4.69) is 24.1 Å². The molecule has 0 atom stereocenters. The van der Waals surface area contributed by atoms with Crippen molar-refractivity contribution in [3.63, 3.8) is 0 Å². The minimum Gasteiger partial charge on any atom is -0.495 e. The van der Waals surface area contributed by atoms with Gasteiger partial charge >= 0.3 is 0 Å². The molecule has 2 aliphatic rings. The molecule has 0 saturated carbocycles. The van der Waals surface area contributed by atoms with Crippen molar-refractivity contribution in [1.29, 1.82) is 0 Å². The highest BCUT2D eigenvalue weighted by molar-refractivity contribution is 7.17. The molecule has 0 N–H and O–H groups in total. The van der Waals surface area contributed by atoms with Gasteiger partial charge in [-0.15, -0.1) is 22.7 Å². The fourth-order valence-corrected chi connectivity index (χ4v) is 7.74. The van der Waals surface area contributed by atoms with Gasteiger partial charge in [0, 0.05) is 45.9 Å². The van der Waals surface area contributed by atoms with E-state index in [1.54, 1.807) is 36.6 Å². The number of benzene rings is 2. The number of piperidine rings is 1. The summed E-state index contributed by atoms with van der Waals surface area (Å²) in [6.45, 7) is 2.16. The molecule has 7 rings (SSSR count). The molecular formula is C33H27Cl2NO3S2. The van der Waals surface area contributed by atoms with Crippen LogP contribution in [0.5, 0.6) is 5.75 Å². The Kier molecular flexibility index (Phi) is 8.03. The summed E-state index contributed by atoms with van der Waals surface area (Å²) in [5, 5.41) is 7.40. The van der Waals surface area contributed by atoms with E-state index in [0.29, 0.717) is 33.0 Å². The standard InChI is InChI=1S/C19H18ClNOS.C14H9ClO2S/c1-21-7-4-12(5-8-21)18-15-3-2-14(20)10-13(15)11-17(22)19-16(18)6-9-23-19;1-17-12-7-8-6-9(15)2-3-10(8)13(16)11-4-5-18-14(11)12/h2-3,6,9-10H,4-5,7-8,11H2,1H3;2-7H,1H3. The molecule has 0 amide bonds. The Labute approximate surface area is 256 Å². The van der Waals surface area contributed by atoms with Gasteiger partial charge in [0.1, 0.15) is 5.75 Å². The van der Waals surface area contributed by atoms with Crippen LogP contribution in [0.2, 0.25) is 10.0 Å². The largest absolute Gasteiger partial charge is 0.495 e. The van der Waals surface area contributed by atoms with Crippen molar-refractivity contribution in [1.82, 2.24) is 4.90 Å². The van der Waals surface area contributed by atoms with Gasteiger partial charge in [0.15, 0.2) is 11.2 Å². The Bertz CT molecular complexity index is 1900. The zero-order valence-electron chi connectivity index (χ0n) is 22.6. The highest BCUT2D eigenvalue weighted by atomic mass is 35.5. The molecule has 3 heterocycles. The number of ketones is 1. The molecule has 0 unspecified atom stereocenters. The van der Waals surface area contributed by atoms with Crippen molar-refractivity contribution in [2.45, 2.75) is 19.3 Å². The summed E-state index contributed by atoms with van der Waals surface area (Å²) in [5.41, 5.74) is 6.15. The van der Waals surface area contributed by atoms with Gasteiger partial charge in [-0.25, -0.2) is 0 Å². The molecule has 1 saturated heterocycles. The molecule has 3 aromatic carbocycles. The predicted molar refractivity (Wildman–Crippen MR) is 174 cm³/mol. The number of Topliss-reactive ketones (excluding diaryl/α,β-unsaturated/α-hetero) is 1. The van der Waals surface area contributed by atoms with Gasteiger partial charge in [0.05, 0.1) is 16.7 Å². The second-order valence-electron chi connectivity index (χ2n) is 10.3. The number of rotatable bonds is 1. The molecule has 1 fully saturated rings. The van der Waals surface area contributed by atoms with Crippen LogP contribution in [-0.2, 0) is 6.42 Å². The van der Waals surface area contributed by atoms with Crippen molar-refractivity contribution >= 4 is 78.1 Å². The number of thiophene rings is 2. The zero-order chi connectivity index (χ0) is 28.7. The number of nitrogens with zero attached hydrogens (tertiary/aromatic N) is 1. The van der Waals surface area contributed by atoms with Crippen LogP contribution in [0.25, 0.3) is 26.4 Å². The number of carbonyl (C=O) groups excluding carboxylic acids is 1. The van der Waals surface area contributed by atoms with Gasteiger partial charge < -0.3 is 9.64 Å². The summed E-state index contributed by atoms with van der Waals surface area (Å²) in [6.07, 6.45) is 2.58. The SMILES string of the molecule is CN1CCC(=C2c3ccc(Cl)cc3CC(=O)c3sccc32)CC1.COc1cc2cc(Cl)ccc2c(=O)c2ccsc12. The molecule has 1 aliphatic carbocycles. The highest BCUT2D eigenvalue weighted by Crippen LogP contribution is 2.41. The molecular weight excluding hydrogens is 593 g/mol. The third-order valence-corrected chi connectivity index (χ3v) is 10.1. The number of hydrogen-bond acceptors (Lipinski definition) is 6. The van der Waals surface area contributed by atoms with Gasteiger partial charge in [0.25, 0.3) is 0 Å². The Morgan fingerprint density at radius 3 is 2.34 bits per heavy atom. The normalized spacial score (nSPS) is 15.3. The lowest BCUT2D eigenvalue weighted by atomic mass is 9.88. The number of ether oxygens (including phenoxy) is 1. The summed E-state index contributed by atoms with van der Waals surface area (Å²) < 4.78 is 6.25. The van der Waals surface area contributed by atoms with Crippen LogP contribution >= 0.6 is 45.9 Å². The van der Waals surface area contributed by atoms with E-state index in [1.165, 1.54) is 28.0 Å². The van der Waals surface area contributed by atoms with Gasteiger partial charge in [0.2, 0.25) is 0 Å². The number of hydrogen-bond donors (Lipinski definition) is 0. The van der Waals surface area contributed by atoms with Crippen LogP contribution in [0.4, 0.5) is 0 Å². The topological polar surface area (TPSA) is 46.6 Å². The van der Waals surface area contributed by atoms with E-state index in [0.717, 1.165) is 52.0 Å². The summed E-state index contributed by atoms with van der Waals surface area (Å²) in [5.74, 6) is 0.913. The van der Waals surface area contributed by atoms with Crippen LogP contribution < -0.4 is 10.2 Å². The molecule has 0 radical (unpaired) electrons. The second-order valence-corrected chi connectivity index (χ2v) is 13.0. The van der Waals surface area contributed by atoms with Crippen LogP contribution in [0.15, 0.2) is 75.7 Å². The number of fused-ring (bicyclic) bond motifs is 4. The van der Waals surface area contributed by atoms with Crippen molar-refractivity contribution in [2.75, 3.05) is 27.2 Å². The Hall–Kier alpha value is -3.00. The first kappa shape index (κ1) is 28.1. The first-order valence-electron chi connectivity index (χ1n) is 13.3.